The van der Waals surface area contributed by atoms with Gasteiger partial charge in [-0.25, -0.2) is 9.78 Å². The van der Waals surface area contributed by atoms with E-state index in [4.69, 9.17) is 4.74 Å². The minimum atomic E-state index is -0.670. The lowest BCUT2D eigenvalue weighted by atomic mass is 10.1. The van der Waals surface area contributed by atoms with Crippen LogP contribution in [0.25, 0.3) is 22.3 Å². The molecule has 0 N–H and O–H groups in total. The molecule has 0 saturated carbocycles. The second-order valence-corrected chi connectivity index (χ2v) is 7.08. The predicted molar refractivity (Wildman–Crippen MR) is 117 cm³/mol. The number of hydrogen-bond donors (Lipinski definition) is 0. The third-order valence-corrected chi connectivity index (χ3v) is 4.93. The lowest BCUT2D eigenvalue weighted by Gasteiger charge is -2.07. The Kier molecular flexibility index (Phi) is 5.67. The number of rotatable bonds is 6. The number of esters is 1. The molecule has 0 spiro atoms. The molecule has 0 bridgehead atoms. The number of ether oxygens (including phenoxy) is 1. The minimum Gasteiger partial charge on any atom is -0.454 e. The van der Waals surface area contributed by atoms with Gasteiger partial charge in [-0.3, -0.25) is 19.9 Å². The monoisotopic (exact) mass is 427 g/mol. The first-order valence-electron chi connectivity index (χ1n) is 9.70. The summed E-state index contributed by atoms with van der Waals surface area (Å²) in [5.41, 5.74) is 3.67. The van der Waals surface area contributed by atoms with Gasteiger partial charge in [0.05, 0.1) is 33.4 Å². The Morgan fingerprint density at radius 1 is 0.969 bits per heavy atom. The highest BCUT2D eigenvalue weighted by Gasteiger charge is 2.17. The first kappa shape index (κ1) is 20.8. The number of nitro groups is 1. The lowest BCUT2D eigenvalue weighted by molar-refractivity contribution is -0.385. The number of para-hydroxylation sites is 2. The van der Waals surface area contributed by atoms with E-state index in [1.807, 2.05) is 24.3 Å². The van der Waals surface area contributed by atoms with Gasteiger partial charge in [-0.1, -0.05) is 36.4 Å². The molecule has 1 aromatic heterocycles. The summed E-state index contributed by atoms with van der Waals surface area (Å²) in [6, 6.07) is 18.3. The van der Waals surface area contributed by atoms with E-state index in [0.717, 1.165) is 16.6 Å². The van der Waals surface area contributed by atoms with Crippen LogP contribution >= 0.6 is 0 Å². The van der Waals surface area contributed by atoms with Crippen LogP contribution in [-0.4, -0.2) is 33.3 Å². The fourth-order valence-electron chi connectivity index (χ4n) is 3.15. The Morgan fingerprint density at radius 2 is 1.66 bits per heavy atom. The summed E-state index contributed by atoms with van der Waals surface area (Å²) < 4.78 is 5.09. The highest BCUT2D eigenvalue weighted by molar-refractivity contribution is 6.00. The van der Waals surface area contributed by atoms with Crippen molar-refractivity contribution in [3.8, 4) is 11.3 Å². The molecule has 0 unspecified atom stereocenters. The van der Waals surface area contributed by atoms with E-state index in [9.17, 15) is 19.7 Å². The Balaban J connectivity index is 1.43. The van der Waals surface area contributed by atoms with E-state index in [1.165, 1.54) is 18.2 Å². The Bertz CT molecular complexity index is 1350. The maximum atomic E-state index is 12.3. The van der Waals surface area contributed by atoms with Crippen molar-refractivity contribution < 1.29 is 19.2 Å². The number of hydrogen-bond acceptors (Lipinski definition) is 7. The van der Waals surface area contributed by atoms with Gasteiger partial charge in [0.25, 0.3) is 5.69 Å². The fourth-order valence-corrected chi connectivity index (χ4v) is 3.15. The molecule has 8 heteroatoms. The molecule has 0 atom stereocenters. The van der Waals surface area contributed by atoms with Crippen molar-refractivity contribution in [3.63, 3.8) is 0 Å². The second kappa shape index (κ2) is 8.73. The van der Waals surface area contributed by atoms with Crippen LogP contribution in [0.4, 0.5) is 5.69 Å². The molecule has 0 radical (unpaired) electrons. The molecule has 0 amide bonds. The zero-order valence-electron chi connectivity index (χ0n) is 17.0. The van der Waals surface area contributed by atoms with Gasteiger partial charge >= 0.3 is 5.97 Å². The van der Waals surface area contributed by atoms with Gasteiger partial charge < -0.3 is 4.74 Å². The zero-order valence-corrected chi connectivity index (χ0v) is 17.0. The van der Waals surface area contributed by atoms with Gasteiger partial charge in [-0.05, 0) is 31.2 Å². The van der Waals surface area contributed by atoms with Crippen molar-refractivity contribution in [3.05, 3.63) is 99.7 Å². The van der Waals surface area contributed by atoms with Crippen molar-refractivity contribution in [2.75, 3.05) is 6.61 Å². The summed E-state index contributed by atoms with van der Waals surface area (Å²) >= 11 is 0. The normalized spacial score (nSPS) is 10.7. The van der Waals surface area contributed by atoms with E-state index in [1.54, 1.807) is 37.4 Å². The molecule has 3 aromatic carbocycles. The fraction of sp³-hybridized carbons (Fsp3) is 0.0833. The highest BCUT2D eigenvalue weighted by atomic mass is 16.6. The molecule has 4 rings (SSSR count). The van der Waals surface area contributed by atoms with Gasteiger partial charge in [-0.2, -0.15) is 0 Å². The Labute approximate surface area is 182 Å². The molecular formula is C24H17N3O5. The van der Waals surface area contributed by atoms with Crippen LogP contribution < -0.4 is 0 Å². The second-order valence-electron chi connectivity index (χ2n) is 7.08. The molecule has 0 saturated heterocycles. The first-order chi connectivity index (χ1) is 15.4. The quantitative estimate of drug-likeness (QED) is 0.192. The highest BCUT2D eigenvalue weighted by Crippen LogP contribution is 2.21. The van der Waals surface area contributed by atoms with E-state index < -0.39 is 23.3 Å². The summed E-state index contributed by atoms with van der Waals surface area (Å²) in [5, 5.41) is 11.0. The van der Waals surface area contributed by atoms with Gasteiger partial charge in [0.1, 0.15) is 0 Å². The van der Waals surface area contributed by atoms with Crippen molar-refractivity contribution in [1.29, 1.82) is 0 Å². The van der Waals surface area contributed by atoms with Gasteiger partial charge in [0, 0.05) is 22.8 Å². The zero-order chi connectivity index (χ0) is 22.7. The predicted octanol–water partition coefficient (Wildman–Crippen LogP) is 4.55. The number of ketones is 1. The number of carbonyl (C=O) groups is 2. The number of aromatic nitrogens is 2. The van der Waals surface area contributed by atoms with Crippen LogP contribution in [0.2, 0.25) is 0 Å². The summed E-state index contributed by atoms with van der Waals surface area (Å²) in [6.07, 6.45) is 1.66. The average Bonchev–Trinajstić information content (AvgIpc) is 2.82. The van der Waals surface area contributed by atoms with E-state index in [0.29, 0.717) is 11.3 Å². The smallest absolute Gasteiger partial charge is 0.338 e. The number of nitrogens with zero attached hydrogens (tertiary/aromatic N) is 3. The summed E-state index contributed by atoms with van der Waals surface area (Å²) in [6.45, 7) is 1.07. The molecule has 0 fully saturated rings. The first-order valence-corrected chi connectivity index (χ1v) is 9.70. The minimum absolute atomic E-state index is 0.111. The Hall–Kier alpha value is -4.46. The van der Waals surface area contributed by atoms with E-state index in [-0.39, 0.29) is 16.8 Å². The number of Topliss-reactive ketones (excluding diaryl/α,β-unsaturated/α-hetero) is 1. The molecule has 0 aliphatic rings. The number of nitro benzene ring substituents is 1. The molecule has 158 valence electrons. The molecule has 0 aliphatic carbocycles. The van der Waals surface area contributed by atoms with Crippen molar-refractivity contribution in [2.45, 2.75) is 6.92 Å². The number of fused-ring (bicyclic) bond motifs is 1. The maximum Gasteiger partial charge on any atom is 0.338 e. The largest absolute Gasteiger partial charge is 0.454 e. The number of aryl methyl sites for hydroxylation is 1. The third kappa shape index (κ3) is 4.34. The SMILES string of the molecule is Cc1ccc(C(=O)COC(=O)c2ccc(-c3cnc4ccccc4n3)cc2)cc1[N+](=O)[O-]. The van der Waals surface area contributed by atoms with Gasteiger partial charge in [0.2, 0.25) is 5.78 Å². The van der Waals surface area contributed by atoms with Crippen LogP contribution in [0, 0.1) is 17.0 Å². The lowest BCUT2D eigenvalue weighted by Crippen LogP contribution is -2.14. The third-order valence-electron chi connectivity index (χ3n) is 4.93. The standard InChI is InChI=1S/C24H17N3O5/c1-15-6-7-18(12-22(15)27(30)31)23(28)14-32-24(29)17-10-8-16(9-11-17)21-13-25-19-4-2-3-5-20(19)26-21/h2-13H,14H2,1H3. The van der Waals surface area contributed by atoms with Crippen LogP contribution in [0.5, 0.6) is 0 Å². The van der Waals surface area contributed by atoms with E-state index >= 15 is 0 Å². The molecule has 4 aromatic rings. The van der Waals surface area contributed by atoms with Crippen LogP contribution in [0.1, 0.15) is 26.3 Å². The number of benzene rings is 3. The van der Waals surface area contributed by atoms with Gasteiger partial charge in [0.15, 0.2) is 6.61 Å². The van der Waals surface area contributed by atoms with Crippen LogP contribution in [0.3, 0.4) is 0 Å². The van der Waals surface area contributed by atoms with Crippen molar-refractivity contribution in [2.24, 2.45) is 0 Å². The topological polar surface area (TPSA) is 112 Å². The van der Waals surface area contributed by atoms with E-state index in [2.05, 4.69) is 9.97 Å². The van der Waals surface area contributed by atoms with Crippen LogP contribution in [0.15, 0.2) is 72.9 Å². The Morgan fingerprint density at radius 3 is 2.38 bits per heavy atom. The molecule has 8 nitrogen and oxygen atoms in total. The van der Waals surface area contributed by atoms with Crippen molar-refractivity contribution >= 4 is 28.5 Å². The molecule has 1 heterocycles. The summed E-state index contributed by atoms with van der Waals surface area (Å²) in [4.78, 5) is 44.1. The van der Waals surface area contributed by atoms with Crippen LogP contribution in [-0.2, 0) is 4.74 Å². The average molecular weight is 427 g/mol. The number of carbonyl (C=O) groups excluding carboxylic acids is 2. The molecule has 32 heavy (non-hydrogen) atoms. The maximum absolute atomic E-state index is 12.3. The van der Waals surface area contributed by atoms with Gasteiger partial charge in [-0.15, -0.1) is 0 Å². The molecule has 0 aliphatic heterocycles. The summed E-state index contributed by atoms with van der Waals surface area (Å²) in [7, 11) is 0. The summed E-state index contributed by atoms with van der Waals surface area (Å²) in [5.74, 6) is -1.19. The van der Waals surface area contributed by atoms with Crippen molar-refractivity contribution in [1.82, 2.24) is 9.97 Å². The molecular weight excluding hydrogens is 410 g/mol.